The van der Waals surface area contributed by atoms with E-state index in [-0.39, 0.29) is 5.56 Å². The number of thioether (sulfide) groups is 1. The van der Waals surface area contributed by atoms with Gasteiger partial charge in [-0.15, -0.1) is 10.2 Å². The first-order chi connectivity index (χ1) is 11.1. The molecule has 0 saturated heterocycles. The molecule has 3 aromatic rings. The standard InChI is InChI=1S/C15H16N6OS/c1-9-3-2-4-12-17-11(7-13(22)20(9)12)8-23-15-19-18-14(21(15)16)10-5-6-10/h2-4,7,10H,5-6,8,16H2,1H3. The Kier molecular flexibility index (Phi) is 3.33. The lowest BCUT2D eigenvalue weighted by molar-refractivity contribution is 0.789. The second-order valence-corrected chi connectivity index (χ2v) is 6.66. The molecule has 0 aliphatic heterocycles. The largest absolute Gasteiger partial charge is 0.336 e. The molecule has 1 fully saturated rings. The number of aromatic nitrogens is 5. The molecule has 0 unspecified atom stereocenters. The maximum absolute atomic E-state index is 12.3. The Morgan fingerprint density at radius 1 is 1.35 bits per heavy atom. The summed E-state index contributed by atoms with van der Waals surface area (Å²) in [5, 5.41) is 8.93. The van der Waals surface area contributed by atoms with Crippen LogP contribution < -0.4 is 11.4 Å². The van der Waals surface area contributed by atoms with Gasteiger partial charge in [-0.25, -0.2) is 9.66 Å². The Morgan fingerprint density at radius 2 is 2.17 bits per heavy atom. The molecule has 1 aliphatic rings. The third-order valence-corrected chi connectivity index (χ3v) is 4.89. The van der Waals surface area contributed by atoms with E-state index < -0.39 is 0 Å². The van der Waals surface area contributed by atoms with Gasteiger partial charge < -0.3 is 5.84 Å². The highest BCUT2D eigenvalue weighted by Gasteiger charge is 2.29. The van der Waals surface area contributed by atoms with E-state index in [1.807, 2.05) is 25.1 Å². The topological polar surface area (TPSA) is 91.1 Å². The normalized spacial score (nSPS) is 14.5. The number of rotatable bonds is 4. The molecule has 4 rings (SSSR count). The van der Waals surface area contributed by atoms with E-state index in [0.29, 0.717) is 28.2 Å². The van der Waals surface area contributed by atoms with Crippen LogP contribution >= 0.6 is 11.8 Å². The molecule has 0 aromatic carbocycles. The van der Waals surface area contributed by atoms with Crippen LogP contribution in [-0.2, 0) is 5.75 Å². The predicted octanol–water partition coefficient (Wildman–Crippen LogP) is 1.48. The van der Waals surface area contributed by atoms with Crippen molar-refractivity contribution >= 4 is 17.4 Å². The lowest BCUT2D eigenvalue weighted by Crippen LogP contribution is -2.17. The molecule has 3 heterocycles. The highest BCUT2D eigenvalue weighted by Crippen LogP contribution is 2.39. The maximum Gasteiger partial charge on any atom is 0.258 e. The van der Waals surface area contributed by atoms with Gasteiger partial charge in [0.25, 0.3) is 5.56 Å². The van der Waals surface area contributed by atoms with Crippen molar-refractivity contribution in [2.24, 2.45) is 0 Å². The highest BCUT2D eigenvalue weighted by molar-refractivity contribution is 7.98. The number of aryl methyl sites for hydroxylation is 1. The fraction of sp³-hybridized carbons (Fsp3) is 0.333. The SMILES string of the molecule is Cc1cccc2nc(CSc3nnc(C4CC4)n3N)cc(=O)n12. The van der Waals surface area contributed by atoms with Crippen molar-refractivity contribution in [3.8, 4) is 0 Å². The van der Waals surface area contributed by atoms with Gasteiger partial charge in [0.1, 0.15) is 5.65 Å². The summed E-state index contributed by atoms with van der Waals surface area (Å²) in [6.45, 7) is 1.89. The molecular formula is C15H16N6OS. The molecule has 0 spiro atoms. The zero-order valence-corrected chi connectivity index (χ0v) is 13.5. The van der Waals surface area contributed by atoms with Gasteiger partial charge in [0, 0.05) is 23.4 Å². The number of hydrogen-bond donors (Lipinski definition) is 1. The third-order valence-electron chi connectivity index (χ3n) is 3.92. The van der Waals surface area contributed by atoms with E-state index in [1.165, 1.54) is 11.8 Å². The second-order valence-electron chi connectivity index (χ2n) is 5.72. The Bertz CT molecular complexity index is 943. The molecule has 0 radical (unpaired) electrons. The van der Waals surface area contributed by atoms with Crippen molar-refractivity contribution in [1.82, 2.24) is 24.3 Å². The molecule has 2 N–H and O–H groups in total. The van der Waals surface area contributed by atoms with Gasteiger partial charge in [0.05, 0.1) is 5.69 Å². The minimum atomic E-state index is -0.0726. The van der Waals surface area contributed by atoms with Crippen LogP contribution in [0.25, 0.3) is 5.65 Å². The monoisotopic (exact) mass is 328 g/mol. The number of nitrogen functional groups attached to an aromatic ring is 1. The Morgan fingerprint density at radius 3 is 2.96 bits per heavy atom. The summed E-state index contributed by atoms with van der Waals surface area (Å²) in [6.07, 6.45) is 2.25. The molecular weight excluding hydrogens is 312 g/mol. The first-order valence-corrected chi connectivity index (χ1v) is 8.43. The fourth-order valence-corrected chi connectivity index (χ4v) is 3.34. The molecule has 3 aromatic heterocycles. The summed E-state index contributed by atoms with van der Waals surface area (Å²) in [5.41, 5.74) is 2.16. The zero-order chi connectivity index (χ0) is 16.0. The lowest BCUT2D eigenvalue weighted by Gasteiger charge is -2.06. The molecule has 0 atom stereocenters. The van der Waals surface area contributed by atoms with Crippen molar-refractivity contribution in [2.75, 3.05) is 5.84 Å². The molecule has 23 heavy (non-hydrogen) atoms. The summed E-state index contributed by atoms with van der Waals surface area (Å²) < 4.78 is 3.16. The zero-order valence-electron chi connectivity index (χ0n) is 12.6. The molecule has 7 nitrogen and oxygen atoms in total. The first-order valence-electron chi connectivity index (χ1n) is 7.45. The first kappa shape index (κ1) is 14.3. The molecule has 1 aliphatic carbocycles. The second kappa shape index (κ2) is 5.38. The summed E-state index contributed by atoms with van der Waals surface area (Å²) in [6, 6.07) is 7.18. The van der Waals surface area contributed by atoms with Gasteiger partial charge in [-0.3, -0.25) is 9.20 Å². The molecule has 1 saturated carbocycles. The van der Waals surface area contributed by atoms with Gasteiger partial charge in [0.2, 0.25) is 5.16 Å². The van der Waals surface area contributed by atoms with Crippen molar-refractivity contribution in [2.45, 2.75) is 36.6 Å². The average molecular weight is 328 g/mol. The van der Waals surface area contributed by atoms with Crippen LogP contribution in [0.3, 0.4) is 0 Å². The van der Waals surface area contributed by atoms with Crippen molar-refractivity contribution < 1.29 is 0 Å². The van der Waals surface area contributed by atoms with E-state index in [2.05, 4.69) is 15.2 Å². The minimum Gasteiger partial charge on any atom is -0.336 e. The van der Waals surface area contributed by atoms with Crippen LogP contribution in [0.4, 0.5) is 0 Å². The fourth-order valence-electron chi connectivity index (χ4n) is 2.58. The molecule has 118 valence electrons. The summed E-state index contributed by atoms with van der Waals surface area (Å²) in [4.78, 5) is 16.8. The summed E-state index contributed by atoms with van der Waals surface area (Å²) in [7, 11) is 0. The molecule has 0 bridgehead atoms. The van der Waals surface area contributed by atoms with Gasteiger partial charge in [0.15, 0.2) is 5.82 Å². The van der Waals surface area contributed by atoms with E-state index >= 15 is 0 Å². The van der Waals surface area contributed by atoms with Crippen LogP contribution in [0.5, 0.6) is 0 Å². The summed E-state index contributed by atoms with van der Waals surface area (Å²) in [5.74, 6) is 7.86. The Hall–Kier alpha value is -2.35. The Balaban J connectivity index is 1.60. The summed E-state index contributed by atoms with van der Waals surface area (Å²) >= 11 is 1.44. The van der Waals surface area contributed by atoms with E-state index in [0.717, 1.165) is 24.4 Å². The highest BCUT2D eigenvalue weighted by atomic mass is 32.2. The maximum atomic E-state index is 12.3. The van der Waals surface area contributed by atoms with Crippen molar-refractivity contribution in [1.29, 1.82) is 0 Å². The van der Waals surface area contributed by atoms with Gasteiger partial charge in [-0.1, -0.05) is 17.8 Å². The quantitative estimate of drug-likeness (QED) is 0.576. The predicted molar refractivity (Wildman–Crippen MR) is 87.9 cm³/mol. The van der Waals surface area contributed by atoms with Crippen molar-refractivity contribution in [3.05, 3.63) is 51.8 Å². The minimum absolute atomic E-state index is 0.0726. The van der Waals surface area contributed by atoms with Crippen LogP contribution in [-0.4, -0.2) is 24.3 Å². The van der Waals surface area contributed by atoms with Gasteiger partial charge in [-0.05, 0) is 31.9 Å². The Labute approximate surface area is 136 Å². The molecule has 0 amide bonds. The number of nitrogens with two attached hydrogens (primary N) is 1. The smallest absolute Gasteiger partial charge is 0.258 e. The number of hydrogen-bond acceptors (Lipinski definition) is 6. The van der Waals surface area contributed by atoms with Crippen LogP contribution in [0.2, 0.25) is 0 Å². The van der Waals surface area contributed by atoms with Crippen molar-refractivity contribution in [3.63, 3.8) is 0 Å². The number of nitrogens with zero attached hydrogens (tertiary/aromatic N) is 5. The lowest BCUT2D eigenvalue weighted by atomic mass is 10.3. The van der Waals surface area contributed by atoms with Crippen LogP contribution in [0, 0.1) is 6.92 Å². The number of fused-ring (bicyclic) bond motifs is 1. The van der Waals surface area contributed by atoms with Gasteiger partial charge in [-0.2, -0.15) is 0 Å². The van der Waals surface area contributed by atoms with Gasteiger partial charge >= 0.3 is 0 Å². The van der Waals surface area contributed by atoms with E-state index in [9.17, 15) is 4.79 Å². The average Bonchev–Trinajstić information content (AvgIpc) is 3.29. The molecule has 8 heteroatoms. The number of pyridine rings is 1. The van der Waals surface area contributed by atoms with E-state index in [4.69, 9.17) is 5.84 Å². The van der Waals surface area contributed by atoms with Crippen LogP contribution in [0.1, 0.15) is 36.0 Å². The third kappa shape index (κ3) is 2.59. The van der Waals surface area contributed by atoms with Crippen LogP contribution in [0.15, 0.2) is 34.2 Å². The van der Waals surface area contributed by atoms with E-state index in [1.54, 1.807) is 15.1 Å².